The van der Waals surface area contributed by atoms with Crippen molar-refractivity contribution in [2.24, 2.45) is 5.92 Å². The summed E-state index contributed by atoms with van der Waals surface area (Å²) in [6, 6.07) is 15.8. The molecular formula is C47H59N9O6. The number of H-pyrrole nitrogens is 2. The van der Waals surface area contributed by atoms with Crippen LogP contribution in [0.4, 0.5) is 9.59 Å². The second kappa shape index (κ2) is 18.6. The van der Waals surface area contributed by atoms with Crippen molar-refractivity contribution in [1.29, 1.82) is 0 Å². The van der Waals surface area contributed by atoms with E-state index >= 15 is 0 Å². The monoisotopic (exact) mass is 845 g/mol. The third-order valence-corrected chi connectivity index (χ3v) is 13.2. The van der Waals surface area contributed by atoms with E-state index in [4.69, 9.17) is 19.4 Å². The Bertz CT molecular complexity index is 2250. The lowest BCUT2D eigenvalue weighted by molar-refractivity contribution is -0.135. The number of urea groups is 1. The molecule has 15 heteroatoms. The van der Waals surface area contributed by atoms with Gasteiger partial charge in [-0.25, -0.2) is 19.6 Å². The van der Waals surface area contributed by atoms with Crippen molar-refractivity contribution in [3.8, 4) is 11.3 Å². The van der Waals surface area contributed by atoms with Gasteiger partial charge >= 0.3 is 12.1 Å². The molecule has 3 fully saturated rings. The van der Waals surface area contributed by atoms with Crippen molar-refractivity contribution in [2.75, 3.05) is 46.5 Å². The third kappa shape index (κ3) is 8.99. The lowest BCUT2D eigenvalue weighted by Gasteiger charge is -2.33. The molecule has 8 rings (SSSR count). The van der Waals surface area contributed by atoms with Gasteiger partial charge < -0.3 is 44.8 Å². The van der Waals surface area contributed by atoms with Crippen LogP contribution < -0.4 is 10.6 Å². The van der Waals surface area contributed by atoms with Gasteiger partial charge in [0.15, 0.2) is 0 Å². The van der Waals surface area contributed by atoms with Gasteiger partial charge in [-0.05, 0) is 78.5 Å². The van der Waals surface area contributed by atoms with E-state index in [9.17, 15) is 19.2 Å². The Morgan fingerprint density at radius 3 is 2.06 bits per heavy atom. The molecule has 0 bridgehead atoms. The number of ether oxygens (including phenoxy) is 2. The fourth-order valence-electron chi connectivity index (χ4n) is 9.43. The molecule has 0 saturated carbocycles. The van der Waals surface area contributed by atoms with E-state index in [1.54, 1.807) is 9.80 Å². The smallest absolute Gasteiger partial charge is 0.407 e. The molecule has 0 spiro atoms. The first-order chi connectivity index (χ1) is 30.0. The lowest BCUT2D eigenvalue weighted by Crippen LogP contribution is -2.55. The molecule has 2 aromatic carbocycles. The van der Waals surface area contributed by atoms with Gasteiger partial charge in [-0.3, -0.25) is 9.59 Å². The number of aromatic amines is 2. The van der Waals surface area contributed by atoms with E-state index in [0.29, 0.717) is 45.0 Å². The van der Waals surface area contributed by atoms with Crippen LogP contribution in [0.5, 0.6) is 0 Å². The van der Waals surface area contributed by atoms with Crippen LogP contribution >= 0.6 is 0 Å². The van der Waals surface area contributed by atoms with Crippen LogP contribution in [-0.4, -0.2) is 111 Å². The Kier molecular flexibility index (Phi) is 12.8. The molecule has 1 unspecified atom stereocenters. The second-order valence-corrected chi connectivity index (χ2v) is 17.6. The predicted molar refractivity (Wildman–Crippen MR) is 233 cm³/mol. The number of nitrogens with one attached hydrogen (secondary N) is 4. The van der Waals surface area contributed by atoms with Crippen molar-refractivity contribution in [3.63, 3.8) is 0 Å². The summed E-state index contributed by atoms with van der Waals surface area (Å²) in [5.74, 6) is 1.18. The number of methoxy groups -OCH3 is 1. The maximum absolute atomic E-state index is 14.0. The van der Waals surface area contributed by atoms with Crippen LogP contribution in [0, 0.1) is 5.92 Å². The normalized spacial score (nSPS) is 22.6. The van der Waals surface area contributed by atoms with Gasteiger partial charge in [0.2, 0.25) is 5.91 Å². The number of amides is 5. The largest absolute Gasteiger partial charge is 0.453 e. The molecule has 2 aromatic heterocycles. The summed E-state index contributed by atoms with van der Waals surface area (Å²) in [5.41, 5.74) is 6.01. The first kappa shape index (κ1) is 42.7. The van der Waals surface area contributed by atoms with Crippen molar-refractivity contribution in [2.45, 2.75) is 95.3 Å². The molecular weight excluding hydrogens is 787 g/mol. The zero-order chi connectivity index (χ0) is 43.4. The summed E-state index contributed by atoms with van der Waals surface area (Å²) in [6.07, 6.45) is 11.4. The number of carbonyl (C=O) groups is 4. The Labute approximate surface area is 363 Å². The lowest BCUT2D eigenvalue weighted by atomic mass is 9.71. The molecule has 5 amide bonds. The highest BCUT2D eigenvalue weighted by molar-refractivity contribution is 5.88. The van der Waals surface area contributed by atoms with Gasteiger partial charge in [0.1, 0.15) is 23.7 Å². The van der Waals surface area contributed by atoms with E-state index in [0.717, 1.165) is 73.5 Å². The van der Waals surface area contributed by atoms with E-state index < -0.39 is 18.2 Å². The summed E-state index contributed by atoms with van der Waals surface area (Å²) < 4.78 is 10.2. The van der Waals surface area contributed by atoms with Crippen LogP contribution in [0.25, 0.3) is 16.8 Å². The highest BCUT2D eigenvalue weighted by Crippen LogP contribution is 2.42. The number of benzene rings is 2. The first-order valence-electron chi connectivity index (χ1n) is 22.1. The summed E-state index contributed by atoms with van der Waals surface area (Å²) in [7, 11) is 1.29. The molecule has 4 aliphatic rings. The van der Waals surface area contributed by atoms with Crippen LogP contribution in [0.15, 0.2) is 73.1 Å². The summed E-state index contributed by atoms with van der Waals surface area (Å²) in [4.78, 5) is 75.3. The topological polar surface area (TPSA) is 178 Å². The van der Waals surface area contributed by atoms with Gasteiger partial charge in [0, 0.05) is 26.2 Å². The van der Waals surface area contributed by atoms with Crippen molar-refractivity contribution in [3.05, 3.63) is 102 Å². The Hall–Kier alpha value is -5.96. The number of hydrogen-bond acceptors (Lipinski definition) is 8. The van der Waals surface area contributed by atoms with Gasteiger partial charge in [0.25, 0.3) is 5.91 Å². The number of likely N-dealkylation sites (tertiary alicyclic amines) is 2. The third-order valence-electron chi connectivity index (χ3n) is 13.2. The molecule has 3 saturated heterocycles. The molecule has 1 aliphatic carbocycles. The van der Waals surface area contributed by atoms with Crippen LogP contribution in [0.1, 0.15) is 112 Å². The first-order valence-corrected chi connectivity index (χ1v) is 22.1. The average molecular weight is 846 g/mol. The van der Waals surface area contributed by atoms with E-state index in [1.165, 1.54) is 18.2 Å². The number of morpholine rings is 1. The van der Waals surface area contributed by atoms with Crippen molar-refractivity contribution < 1.29 is 28.7 Å². The molecule has 4 N–H and O–H groups in total. The van der Waals surface area contributed by atoms with E-state index in [2.05, 4.69) is 57.9 Å². The van der Waals surface area contributed by atoms with Crippen LogP contribution in [0.3, 0.4) is 0 Å². The SMILES string of the molecule is COC(=O)N[C@@H](C(=O)N1CCC[C@H]1c1ncc(-c2ccc(C3(C)CC=C(c4cnc([C@@H]5CCCN5C(=O)[C@@H](NC(=O)N5CCOCC5)C(C)C)[nH]4)CC3)cc2)[nH]1)c1ccccc1. The molecule has 15 nitrogen and oxygen atoms in total. The Morgan fingerprint density at radius 1 is 0.823 bits per heavy atom. The molecule has 4 aromatic rings. The molecule has 5 atom stereocenters. The fraction of sp³-hybridized carbons (Fsp3) is 0.489. The summed E-state index contributed by atoms with van der Waals surface area (Å²) in [6.45, 7) is 9.50. The van der Waals surface area contributed by atoms with Gasteiger partial charge in [-0.1, -0.05) is 81.4 Å². The molecule has 0 radical (unpaired) electrons. The minimum atomic E-state index is -0.873. The zero-order valence-corrected chi connectivity index (χ0v) is 36.2. The maximum atomic E-state index is 14.0. The van der Waals surface area contributed by atoms with E-state index in [-0.39, 0.29) is 41.3 Å². The fourth-order valence-corrected chi connectivity index (χ4v) is 9.43. The van der Waals surface area contributed by atoms with Crippen molar-refractivity contribution in [1.82, 2.24) is 45.3 Å². The zero-order valence-electron chi connectivity index (χ0n) is 36.2. The minimum Gasteiger partial charge on any atom is -0.453 e. The van der Waals surface area contributed by atoms with Crippen LogP contribution in [-0.2, 0) is 24.5 Å². The number of hydrogen-bond donors (Lipinski definition) is 4. The van der Waals surface area contributed by atoms with Crippen molar-refractivity contribution >= 4 is 29.5 Å². The Balaban J connectivity index is 0.899. The number of allylic oxidation sites excluding steroid dienone is 2. The standard InChI is InChI=1S/C47H59N9O6/c1-30(2)39(52-45(59)54-24-26-62-27-25-54)43(57)55-22-8-12-37(55)41-49-29-36(51-41)32-18-20-47(3,21-19-32)34-16-14-31(15-17-34)35-28-48-42(50-35)38-13-9-23-56(38)44(58)40(53-46(60)61-4)33-10-6-5-7-11-33/h5-7,10-11,14-18,28-30,37-40H,8-9,12-13,19-27H2,1-4H3,(H,48,50)(H,49,51)(H,52,59)(H,53,60)/t37-,38-,39-,40+,47?/m0/s1. The predicted octanol–water partition coefficient (Wildman–Crippen LogP) is 6.82. The molecule has 5 heterocycles. The minimum absolute atomic E-state index is 0.0472. The maximum Gasteiger partial charge on any atom is 0.407 e. The van der Waals surface area contributed by atoms with Gasteiger partial charge in [-0.2, -0.15) is 0 Å². The summed E-state index contributed by atoms with van der Waals surface area (Å²) >= 11 is 0. The van der Waals surface area contributed by atoms with Gasteiger partial charge in [-0.15, -0.1) is 0 Å². The second-order valence-electron chi connectivity index (χ2n) is 17.6. The average Bonchev–Trinajstić information content (AvgIpc) is 4.15. The molecule has 62 heavy (non-hydrogen) atoms. The van der Waals surface area contributed by atoms with Crippen LogP contribution in [0.2, 0.25) is 0 Å². The number of imidazole rings is 2. The van der Waals surface area contributed by atoms with Gasteiger partial charge in [0.05, 0.1) is 56.2 Å². The molecule has 3 aliphatic heterocycles. The number of carbonyl (C=O) groups excluding carboxylic acids is 4. The molecule has 328 valence electrons. The number of aromatic nitrogens is 4. The highest BCUT2D eigenvalue weighted by atomic mass is 16.5. The quantitative estimate of drug-likeness (QED) is 0.127. The summed E-state index contributed by atoms with van der Waals surface area (Å²) in [5, 5.41) is 5.75. The number of rotatable bonds is 11. The van der Waals surface area contributed by atoms with E-state index in [1.807, 2.05) is 61.5 Å². The Morgan fingerprint density at radius 2 is 1.45 bits per heavy atom. The number of alkyl carbamates (subject to hydrolysis) is 1. The number of nitrogens with zero attached hydrogens (tertiary/aromatic N) is 5. The highest BCUT2D eigenvalue weighted by Gasteiger charge is 2.39.